The summed E-state index contributed by atoms with van der Waals surface area (Å²) >= 11 is 1.05. The lowest BCUT2D eigenvalue weighted by atomic mass is 10.0. The zero-order chi connectivity index (χ0) is 30.1. The van der Waals surface area contributed by atoms with Crippen LogP contribution in [0, 0.1) is 0 Å². The maximum Gasteiger partial charge on any atom is 0.416 e. The van der Waals surface area contributed by atoms with Gasteiger partial charge in [-0.25, -0.2) is 19.3 Å². The molecule has 2 heterocycles. The smallest absolute Gasteiger partial charge is 0.416 e. The van der Waals surface area contributed by atoms with Gasteiger partial charge in [0.25, 0.3) is 0 Å². The van der Waals surface area contributed by atoms with Crippen molar-refractivity contribution in [1.82, 2.24) is 25.1 Å². The molecule has 2 amide bonds. The Morgan fingerprint density at radius 2 is 1.83 bits per heavy atom. The molecule has 41 heavy (non-hydrogen) atoms. The van der Waals surface area contributed by atoms with Crippen molar-refractivity contribution >= 4 is 39.7 Å². The quantitative estimate of drug-likeness (QED) is 0.273. The lowest BCUT2D eigenvalue weighted by Crippen LogP contribution is -2.48. The minimum Gasteiger partial charge on any atom is -0.465 e. The molecule has 15 heteroatoms. The highest BCUT2D eigenvalue weighted by molar-refractivity contribution is 7.18. The number of amides is 2. The summed E-state index contributed by atoms with van der Waals surface area (Å²) < 4.78 is 45.9. The Kier molecular flexibility index (Phi) is 8.10. The predicted molar refractivity (Wildman–Crippen MR) is 146 cm³/mol. The van der Waals surface area contributed by atoms with E-state index in [1.807, 2.05) is 0 Å². The normalized spacial score (nSPS) is 12.8. The van der Waals surface area contributed by atoms with Crippen molar-refractivity contribution in [2.45, 2.75) is 45.0 Å². The number of rotatable bonds is 7. The van der Waals surface area contributed by atoms with Gasteiger partial charge in [-0.1, -0.05) is 23.5 Å². The van der Waals surface area contributed by atoms with Gasteiger partial charge in [0.1, 0.15) is 10.6 Å². The number of alkyl halides is 3. The zero-order valence-electron chi connectivity index (χ0n) is 22.4. The van der Waals surface area contributed by atoms with Gasteiger partial charge in [-0.2, -0.15) is 13.2 Å². The zero-order valence-corrected chi connectivity index (χ0v) is 23.3. The van der Waals surface area contributed by atoms with E-state index < -0.39 is 35.6 Å². The Morgan fingerprint density at radius 3 is 2.44 bits per heavy atom. The van der Waals surface area contributed by atoms with E-state index in [0.717, 1.165) is 28.4 Å². The molecule has 0 saturated heterocycles. The number of imidazole rings is 1. The van der Waals surface area contributed by atoms with Crippen LogP contribution >= 0.6 is 11.3 Å². The SMILES string of the molecule is Cn1c(=O)[nH]c2ccc(-c3nnc(N(C[C@H](Cc4ccc(C(F)(F)F)cc4)NC(=O)O)C(=O)OC(C)(C)C)s3)cc21. The summed E-state index contributed by atoms with van der Waals surface area (Å²) in [5.41, 5.74) is 0.308. The van der Waals surface area contributed by atoms with Crippen molar-refractivity contribution in [3.05, 3.63) is 64.1 Å². The second-order valence-electron chi connectivity index (χ2n) is 10.2. The number of carbonyl (C=O) groups is 2. The van der Waals surface area contributed by atoms with Gasteiger partial charge < -0.3 is 20.1 Å². The molecule has 11 nitrogen and oxygen atoms in total. The van der Waals surface area contributed by atoms with Crippen LogP contribution in [0.15, 0.2) is 47.3 Å². The van der Waals surface area contributed by atoms with Gasteiger partial charge in [0.05, 0.1) is 29.2 Å². The van der Waals surface area contributed by atoms with Crippen LogP contribution in [0.25, 0.3) is 21.6 Å². The highest BCUT2D eigenvalue weighted by Gasteiger charge is 2.31. The summed E-state index contributed by atoms with van der Waals surface area (Å²) in [6.07, 6.45) is -6.73. The van der Waals surface area contributed by atoms with E-state index in [9.17, 15) is 32.7 Å². The third kappa shape index (κ3) is 7.22. The van der Waals surface area contributed by atoms with Crippen LogP contribution in [0.5, 0.6) is 0 Å². The number of hydrogen-bond acceptors (Lipinski definition) is 7. The number of aryl methyl sites for hydroxylation is 1. The van der Waals surface area contributed by atoms with E-state index in [1.54, 1.807) is 46.0 Å². The molecule has 218 valence electrons. The Hall–Kier alpha value is -4.40. The Labute approximate surface area is 235 Å². The molecule has 0 fully saturated rings. The van der Waals surface area contributed by atoms with E-state index >= 15 is 0 Å². The molecular weight excluding hydrogens is 565 g/mol. The predicted octanol–water partition coefficient (Wildman–Crippen LogP) is 5.02. The fraction of sp³-hybridized carbons (Fsp3) is 0.346. The molecule has 2 aromatic heterocycles. The fourth-order valence-corrected chi connectivity index (χ4v) is 4.86. The first-order valence-electron chi connectivity index (χ1n) is 12.3. The Bertz CT molecular complexity index is 1620. The summed E-state index contributed by atoms with van der Waals surface area (Å²) in [6, 6.07) is 8.59. The van der Waals surface area contributed by atoms with Crippen LogP contribution in [0.3, 0.4) is 0 Å². The number of fused-ring (bicyclic) bond motifs is 1. The summed E-state index contributed by atoms with van der Waals surface area (Å²) in [4.78, 5) is 40.7. The Balaban J connectivity index is 1.65. The molecule has 0 saturated carbocycles. The van der Waals surface area contributed by atoms with Gasteiger partial charge in [0.15, 0.2) is 0 Å². The number of H-pyrrole nitrogens is 1. The second-order valence-corrected chi connectivity index (χ2v) is 11.2. The number of ether oxygens (including phenoxy) is 1. The number of halogens is 3. The van der Waals surface area contributed by atoms with Crippen LogP contribution in [0.4, 0.5) is 27.9 Å². The van der Waals surface area contributed by atoms with E-state index in [2.05, 4.69) is 20.5 Å². The number of aromatic nitrogens is 4. The van der Waals surface area contributed by atoms with Crippen LogP contribution in [0.1, 0.15) is 31.9 Å². The van der Waals surface area contributed by atoms with E-state index in [1.165, 1.54) is 16.7 Å². The number of carboxylic acid groups (broad SMARTS) is 1. The van der Waals surface area contributed by atoms with Gasteiger partial charge >= 0.3 is 24.1 Å². The third-order valence-corrected chi connectivity index (χ3v) is 6.90. The average molecular weight is 593 g/mol. The van der Waals surface area contributed by atoms with Gasteiger partial charge in [0.2, 0.25) is 5.13 Å². The van der Waals surface area contributed by atoms with Gasteiger partial charge in [0, 0.05) is 12.6 Å². The first kappa shape index (κ1) is 29.6. The monoisotopic (exact) mass is 592 g/mol. The summed E-state index contributed by atoms with van der Waals surface area (Å²) in [5.74, 6) is 0. The molecule has 4 rings (SSSR count). The van der Waals surface area contributed by atoms with Crippen LogP contribution in [-0.2, 0) is 24.4 Å². The number of nitrogens with zero attached hydrogens (tertiary/aromatic N) is 4. The molecule has 1 atom stereocenters. The molecule has 2 aromatic carbocycles. The summed E-state index contributed by atoms with van der Waals surface area (Å²) in [5, 5.41) is 20.6. The summed E-state index contributed by atoms with van der Waals surface area (Å²) in [7, 11) is 1.62. The Morgan fingerprint density at radius 1 is 1.15 bits per heavy atom. The number of benzene rings is 2. The fourth-order valence-electron chi connectivity index (χ4n) is 4.02. The lowest BCUT2D eigenvalue weighted by molar-refractivity contribution is -0.137. The van der Waals surface area contributed by atoms with Gasteiger partial charge in [-0.05, 0) is 63.1 Å². The first-order valence-corrected chi connectivity index (χ1v) is 13.1. The van der Waals surface area contributed by atoms with Crippen molar-refractivity contribution in [1.29, 1.82) is 0 Å². The minimum absolute atomic E-state index is 0.0203. The van der Waals surface area contributed by atoms with Crippen LogP contribution < -0.4 is 15.9 Å². The van der Waals surface area contributed by atoms with Crippen molar-refractivity contribution in [2.24, 2.45) is 7.05 Å². The van der Waals surface area contributed by atoms with E-state index in [0.29, 0.717) is 27.2 Å². The van der Waals surface area contributed by atoms with Gasteiger partial charge in [-0.3, -0.25) is 4.57 Å². The van der Waals surface area contributed by atoms with E-state index in [4.69, 9.17) is 4.74 Å². The molecule has 0 bridgehead atoms. The van der Waals surface area contributed by atoms with Crippen LogP contribution in [0.2, 0.25) is 0 Å². The topological polar surface area (TPSA) is 142 Å². The van der Waals surface area contributed by atoms with Crippen LogP contribution in [-0.4, -0.2) is 55.2 Å². The van der Waals surface area contributed by atoms with E-state index in [-0.39, 0.29) is 23.8 Å². The maximum atomic E-state index is 13.3. The maximum absolute atomic E-state index is 13.3. The summed E-state index contributed by atoms with van der Waals surface area (Å²) in [6.45, 7) is 4.75. The number of aromatic amines is 1. The lowest BCUT2D eigenvalue weighted by Gasteiger charge is -2.28. The molecular formula is C26H27F3N6O5S. The first-order chi connectivity index (χ1) is 19.1. The molecule has 4 aromatic rings. The largest absolute Gasteiger partial charge is 0.465 e. The highest BCUT2D eigenvalue weighted by Crippen LogP contribution is 2.32. The molecule has 0 unspecified atom stereocenters. The standard InChI is InChI=1S/C26H27F3N6O5S/c1-25(2,3)40-24(39)35(13-17(30-23(37)38)11-14-5-8-16(9-6-14)26(27,28)29)22-33-32-20(41-22)15-7-10-18-19(12-15)34(4)21(36)31-18/h5-10,12,17,30H,11,13H2,1-4H3,(H,31,36)(H,37,38)/t17-/m0/s1. The molecule has 0 aliphatic heterocycles. The minimum atomic E-state index is -4.51. The highest BCUT2D eigenvalue weighted by atomic mass is 32.1. The average Bonchev–Trinajstić information content (AvgIpc) is 3.45. The number of nitrogens with one attached hydrogen (secondary N) is 2. The van der Waals surface area contributed by atoms with Crippen molar-refractivity contribution in [3.63, 3.8) is 0 Å². The van der Waals surface area contributed by atoms with Gasteiger partial charge in [-0.15, -0.1) is 10.2 Å². The van der Waals surface area contributed by atoms with Crippen molar-refractivity contribution in [3.8, 4) is 10.6 Å². The third-order valence-electron chi connectivity index (χ3n) is 5.91. The molecule has 0 radical (unpaired) electrons. The number of hydrogen-bond donors (Lipinski definition) is 3. The molecule has 0 spiro atoms. The molecule has 0 aliphatic rings. The molecule has 3 N–H and O–H groups in total. The number of anilines is 1. The molecule has 0 aliphatic carbocycles. The van der Waals surface area contributed by atoms with Crippen molar-refractivity contribution < 1.29 is 32.6 Å². The number of carbonyl (C=O) groups excluding carboxylic acids is 1. The second kappa shape index (κ2) is 11.2. The van der Waals surface area contributed by atoms with Crippen molar-refractivity contribution in [2.75, 3.05) is 11.4 Å².